The van der Waals surface area contributed by atoms with Crippen LogP contribution in [0.4, 0.5) is 4.79 Å². The number of piperidine rings is 1. The summed E-state index contributed by atoms with van der Waals surface area (Å²) >= 11 is 0. The van der Waals surface area contributed by atoms with Gasteiger partial charge in [0.1, 0.15) is 0 Å². The molecule has 1 saturated heterocycles. The van der Waals surface area contributed by atoms with Gasteiger partial charge in [0.05, 0.1) is 18.0 Å². The van der Waals surface area contributed by atoms with Crippen LogP contribution in [-0.4, -0.2) is 70.2 Å². The van der Waals surface area contributed by atoms with Crippen molar-refractivity contribution < 1.29 is 23.9 Å². The van der Waals surface area contributed by atoms with Crippen molar-refractivity contribution in [2.24, 2.45) is 0 Å². The lowest BCUT2D eigenvalue weighted by Crippen LogP contribution is -2.47. The third-order valence-corrected chi connectivity index (χ3v) is 4.68. The first-order chi connectivity index (χ1) is 14.5. The molecule has 1 fully saturated rings. The van der Waals surface area contributed by atoms with Gasteiger partial charge in [-0.25, -0.2) is 9.59 Å². The van der Waals surface area contributed by atoms with E-state index in [-0.39, 0.29) is 17.8 Å². The normalized spacial score (nSPS) is 14.3. The highest BCUT2D eigenvalue weighted by molar-refractivity contribution is 5.90. The third kappa shape index (κ3) is 5.34. The predicted octanol–water partition coefficient (Wildman–Crippen LogP) is 1.47. The van der Waals surface area contributed by atoms with Crippen LogP contribution in [0.25, 0.3) is 5.69 Å². The van der Waals surface area contributed by atoms with Crippen molar-refractivity contribution in [3.63, 3.8) is 0 Å². The molecule has 0 unspecified atom stereocenters. The fraction of sp³-hybridized carbons (Fsp3) is 0.450. The zero-order chi connectivity index (χ0) is 21.5. The zero-order valence-corrected chi connectivity index (χ0v) is 17.0. The Labute approximate surface area is 174 Å². The number of para-hydroxylation sites is 1. The topological polar surface area (TPSA) is 116 Å². The highest BCUT2D eigenvalue weighted by Gasteiger charge is 2.25. The van der Waals surface area contributed by atoms with Crippen LogP contribution in [0.1, 0.15) is 35.9 Å². The number of amides is 2. The Morgan fingerprint density at radius 3 is 2.47 bits per heavy atom. The quantitative estimate of drug-likeness (QED) is 0.710. The second kappa shape index (κ2) is 9.86. The number of nitrogens with zero attached hydrogens (tertiary/aromatic N) is 4. The molecule has 10 nitrogen and oxygen atoms in total. The van der Waals surface area contributed by atoms with Gasteiger partial charge in [-0.15, -0.1) is 5.10 Å². The Morgan fingerprint density at radius 2 is 1.80 bits per heavy atom. The number of carbonyl (C=O) groups is 3. The van der Waals surface area contributed by atoms with Crippen molar-refractivity contribution in [1.82, 2.24) is 25.2 Å². The molecule has 3 rings (SSSR count). The molecule has 1 aliphatic rings. The van der Waals surface area contributed by atoms with Crippen LogP contribution in [0.3, 0.4) is 0 Å². The number of nitrogens with one attached hydrogen (secondary N) is 1. The van der Waals surface area contributed by atoms with Crippen LogP contribution in [0, 0.1) is 6.92 Å². The number of aryl methyl sites for hydroxylation is 1. The Kier molecular flexibility index (Phi) is 6.99. The average molecular weight is 415 g/mol. The summed E-state index contributed by atoms with van der Waals surface area (Å²) < 4.78 is 10.1. The number of benzene rings is 1. The van der Waals surface area contributed by atoms with Crippen molar-refractivity contribution in [2.75, 3.05) is 26.3 Å². The van der Waals surface area contributed by atoms with E-state index in [4.69, 9.17) is 9.47 Å². The maximum absolute atomic E-state index is 12.3. The van der Waals surface area contributed by atoms with E-state index in [0.29, 0.717) is 43.9 Å². The first-order valence-corrected chi connectivity index (χ1v) is 9.85. The molecule has 2 amide bonds. The Balaban J connectivity index is 1.46. The van der Waals surface area contributed by atoms with E-state index in [1.807, 2.05) is 30.3 Å². The lowest BCUT2D eigenvalue weighted by Gasteiger charge is -2.31. The van der Waals surface area contributed by atoms with Gasteiger partial charge in [-0.3, -0.25) is 4.79 Å². The second-order valence-corrected chi connectivity index (χ2v) is 6.86. The number of hydrogen-bond donors (Lipinski definition) is 1. The molecule has 160 valence electrons. The summed E-state index contributed by atoms with van der Waals surface area (Å²) in [5.74, 6) is -1.10. The molecule has 1 aliphatic heterocycles. The molecular weight excluding hydrogens is 390 g/mol. The van der Waals surface area contributed by atoms with Crippen molar-refractivity contribution in [1.29, 1.82) is 0 Å². The third-order valence-electron chi connectivity index (χ3n) is 4.68. The average Bonchev–Trinajstić information content (AvgIpc) is 3.15. The van der Waals surface area contributed by atoms with E-state index < -0.39 is 18.5 Å². The highest BCUT2D eigenvalue weighted by atomic mass is 16.6. The number of ether oxygens (including phenoxy) is 2. The van der Waals surface area contributed by atoms with E-state index >= 15 is 0 Å². The number of aromatic nitrogens is 3. The largest absolute Gasteiger partial charge is 0.451 e. The van der Waals surface area contributed by atoms with E-state index in [9.17, 15) is 14.4 Å². The molecule has 2 aromatic rings. The van der Waals surface area contributed by atoms with Gasteiger partial charge in [-0.2, -0.15) is 9.90 Å². The zero-order valence-electron chi connectivity index (χ0n) is 17.0. The van der Waals surface area contributed by atoms with Gasteiger partial charge in [-0.1, -0.05) is 18.2 Å². The van der Waals surface area contributed by atoms with Crippen LogP contribution >= 0.6 is 0 Å². The number of carbonyl (C=O) groups excluding carboxylic acids is 3. The van der Waals surface area contributed by atoms with Gasteiger partial charge >= 0.3 is 12.1 Å². The van der Waals surface area contributed by atoms with Crippen molar-refractivity contribution in [3.8, 4) is 5.69 Å². The molecule has 0 aliphatic carbocycles. The molecule has 30 heavy (non-hydrogen) atoms. The molecule has 0 bridgehead atoms. The van der Waals surface area contributed by atoms with Crippen LogP contribution in [0.2, 0.25) is 0 Å². The van der Waals surface area contributed by atoms with E-state index in [1.165, 1.54) is 4.80 Å². The predicted molar refractivity (Wildman–Crippen MR) is 106 cm³/mol. The van der Waals surface area contributed by atoms with Gasteiger partial charge in [0.15, 0.2) is 12.3 Å². The van der Waals surface area contributed by atoms with Gasteiger partial charge in [-0.05, 0) is 38.8 Å². The molecule has 0 radical (unpaired) electrons. The minimum Gasteiger partial charge on any atom is -0.451 e. The summed E-state index contributed by atoms with van der Waals surface area (Å²) in [5, 5.41) is 11.2. The van der Waals surface area contributed by atoms with Crippen molar-refractivity contribution in [3.05, 3.63) is 41.7 Å². The molecule has 0 saturated carbocycles. The molecule has 2 heterocycles. The molecule has 1 N–H and O–H groups in total. The minimum atomic E-state index is -0.707. The Hall–Kier alpha value is -3.43. The molecule has 1 aromatic carbocycles. The Morgan fingerprint density at radius 1 is 1.10 bits per heavy atom. The lowest BCUT2D eigenvalue weighted by molar-refractivity contribution is -0.125. The molecular formula is C20H25N5O5. The van der Waals surface area contributed by atoms with Crippen molar-refractivity contribution in [2.45, 2.75) is 32.7 Å². The van der Waals surface area contributed by atoms with Gasteiger partial charge < -0.3 is 19.7 Å². The van der Waals surface area contributed by atoms with Crippen LogP contribution < -0.4 is 5.32 Å². The smallest absolute Gasteiger partial charge is 0.409 e. The van der Waals surface area contributed by atoms with Gasteiger partial charge in [0, 0.05) is 19.1 Å². The summed E-state index contributed by atoms with van der Waals surface area (Å²) in [6.07, 6.45) is 0.890. The van der Waals surface area contributed by atoms with E-state index in [2.05, 4.69) is 15.5 Å². The molecule has 0 spiro atoms. The SMILES string of the molecule is CCOC(=O)N1CCC(NC(=O)COC(=O)c2nn(-c3ccccc3)nc2C)CC1. The summed E-state index contributed by atoms with van der Waals surface area (Å²) in [6.45, 7) is 4.35. The molecule has 10 heteroatoms. The number of rotatable bonds is 6. The maximum atomic E-state index is 12.3. The van der Waals surface area contributed by atoms with Gasteiger partial charge in [0.2, 0.25) is 0 Å². The summed E-state index contributed by atoms with van der Waals surface area (Å²) in [7, 11) is 0. The summed E-state index contributed by atoms with van der Waals surface area (Å²) in [5.41, 5.74) is 1.19. The highest BCUT2D eigenvalue weighted by Crippen LogP contribution is 2.12. The lowest BCUT2D eigenvalue weighted by atomic mass is 10.1. The standard InChI is InChI=1S/C20H25N5O5/c1-3-29-20(28)24-11-9-15(10-12-24)21-17(26)13-30-19(27)18-14(2)22-25(23-18)16-7-5-4-6-8-16/h4-8,15H,3,9-13H2,1-2H3,(H,21,26). The Bertz CT molecular complexity index is 890. The number of likely N-dealkylation sites (tertiary alicyclic amines) is 1. The second-order valence-electron chi connectivity index (χ2n) is 6.86. The van der Waals surface area contributed by atoms with Crippen molar-refractivity contribution >= 4 is 18.0 Å². The minimum absolute atomic E-state index is 0.0643. The van der Waals surface area contributed by atoms with Crippen LogP contribution in [-0.2, 0) is 14.3 Å². The van der Waals surface area contributed by atoms with Crippen LogP contribution in [0.15, 0.2) is 30.3 Å². The van der Waals surface area contributed by atoms with E-state index in [0.717, 1.165) is 0 Å². The van der Waals surface area contributed by atoms with Gasteiger partial charge in [0.25, 0.3) is 5.91 Å². The monoisotopic (exact) mass is 415 g/mol. The first kappa shape index (κ1) is 21.3. The fourth-order valence-electron chi connectivity index (χ4n) is 3.13. The number of esters is 1. The van der Waals surface area contributed by atoms with E-state index in [1.54, 1.807) is 18.7 Å². The summed E-state index contributed by atoms with van der Waals surface area (Å²) in [4.78, 5) is 39.1. The fourth-order valence-corrected chi connectivity index (χ4v) is 3.13. The molecule has 1 aromatic heterocycles. The maximum Gasteiger partial charge on any atom is 0.409 e. The first-order valence-electron chi connectivity index (χ1n) is 9.85. The summed E-state index contributed by atoms with van der Waals surface area (Å²) in [6, 6.07) is 9.10. The number of hydrogen-bond acceptors (Lipinski definition) is 7. The van der Waals surface area contributed by atoms with Crippen LogP contribution in [0.5, 0.6) is 0 Å². The molecule has 0 atom stereocenters.